The third-order valence-electron chi connectivity index (χ3n) is 7.86. The van der Waals surface area contributed by atoms with Crippen LogP contribution in [0.3, 0.4) is 0 Å². The Bertz CT molecular complexity index is 1590. The molecular formula is C33H32N4. The van der Waals surface area contributed by atoms with Gasteiger partial charge in [-0.15, -0.1) is 0 Å². The van der Waals surface area contributed by atoms with E-state index in [4.69, 9.17) is 0 Å². The van der Waals surface area contributed by atoms with E-state index in [9.17, 15) is 0 Å². The lowest BCUT2D eigenvalue weighted by molar-refractivity contribution is 0.616. The van der Waals surface area contributed by atoms with E-state index in [0.717, 1.165) is 28.3 Å². The molecule has 184 valence electrons. The lowest BCUT2D eigenvalue weighted by Crippen LogP contribution is -2.30. The fourth-order valence-corrected chi connectivity index (χ4v) is 5.63. The number of hydrogen-bond acceptors (Lipinski definition) is 3. The predicted octanol–water partition coefficient (Wildman–Crippen LogP) is 8.22. The maximum absolute atomic E-state index is 4.68. The number of aromatic amines is 1. The smallest absolute Gasteiger partial charge is 0.0924 e. The molecule has 0 atom stereocenters. The number of anilines is 3. The zero-order valence-corrected chi connectivity index (χ0v) is 22.1. The normalized spacial score (nSPS) is 14.2. The minimum atomic E-state index is -0.233. The monoisotopic (exact) mass is 484 g/mol. The third kappa shape index (κ3) is 3.75. The molecule has 3 heterocycles. The lowest BCUT2D eigenvalue weighted by atomic mass is 9.73. The second kappa shape index (κ2) is 8.45. The van der Waals surface area contributed by atoms with Gasteiger partial charge in [-0.25, -0.2) is 0 Å². The van der Waals surface area contributed by atoms with Gasteiger partial charge in [-0.1, -0.05) is 76.2 Å². The van der Waals surface area contributed by atoms with Crippen molar-refractivity contribution in [2.75, 3.05) is 4.90 Å². The first kappa shape index (κ1) is 23.2. The summed E-state index contributed by atoms with van der Waals surface area (Å²) in [7, 11) is 0. The summed E-state index contributed by atoms with van der Waals surface area (Å²) in [5.41, 5.74) is 11.2. The molecule has 0 saturated heterocycles. The molecule has 4 nitrogen and oxygen atoms in total. The Kier molecular flexibility index (Phi) is 5.30. The van der Waals surface area contributed by atoms with Crippen LogP contribution in [0.1, 0.15) is 55.8 Å². The van der Waals surface area contributed by atoms with Gasteiger partial charge >= 0.3 is 0 Å². The summed E-state index contributed by atoms with van der Waals surface area (Å²) in [6.45, 7) is 11.2. The molecule has 0 fully saturated rings. The van der Waals surface area contributed by atoms with Crippen molar-refractivity contribution >= 4 is 17.1 Å². The number of nitrogens with one attached hydrogen (secondary N) is 1. The number of aromatic nitrogens is 3. The average molecular weight is 485 g/mol. The highest BCUT2D eigenvalue weighted by molar-refractivity contribution is 5.88. The van der Waals surface area contributed by atoms with Crippen molar-refractivity contribution in [3.05, 3.63) is 125 Å². The molecule has 1 aliphatic heterocycles. The average Bonchev–Trinajstić information content (AvgIpc) is 3.35. The van der Waals surface area contributed by atoms with E-state index < -0.39 is 0 Å². The van der Waals surface area contributed by atoms with Gasteiger partial charge in [0.05, 0.1) is 22.8 Å². The number of pyridine rings is 1. The fraction of sp³-hybridized carbons (Fsp3) is 0.212. The molecule has 5 aromatic rings. The van der Waals surface area contributed by atoms with Crippen molar-refractivity contribution in [1.82, 2.24) is 15.2 Å². The van der Waals surface area contributed by atoms with E-state index in [0.29, 0.717) is 0 Å². The van der Waals surface area contributed by atoms with Gasteiger partial charge in [-0.05, 0) is 66.1 Å². The minimum Gasteiger partial charge on any atom is -0.310 e. The van der Waals surface area contributed by atoms with Crippen LogP contribution < -0.4 is 4.90 Å². The quantitative estimate of drug-likeness (QED) is 0.279. The van der Waals surface area contributed by atoms with Crippen LogP contribution in [0.4, 0.5) is 17.1 Å². The van der Waals surface area contributed by atoms with Crippen LogP contribution in [0.25, 0.3) is 11.3 Å². The molecular weight excluding hydrogens is 452 g/mol. The Morgan fingerprint density at radius 2 is 1.57 bits per heavy atom. The Labute approximate surface area is 219 Å². The van der Waals surface area contributed by atoms with Gasteiger partial charge in [0.25, 0.3) is 0 Å². The van der Waals surface area contributed by atoms with Crippen molar-refractivity contribution in [1.29, 1.82) is 0 Å². The number of aryl methyl sites for hydroxylation is 1. The molecule has 1 N–H and O–H groups in total. The number of para-hydroxylation sites is 1. The van der Waals surface area contributed by atoms with Gasteiger partial charge < -0.3 is 4.90 Å². The molecule has 0 aliphatic carbocycles. The first-order chi connectivity index (χ1) is 17.8. The van der Waals surface area contributed by atoms with E-state index in [1.165, 1.54) is 28.1 Å². The molecule has 0 bridgehead atoms. The van der Waals surface area contributed by atoms with Crippen LogP contribution in [0.2, 0.25) is 0 Å². The fourth-order valence-electron chi connectivity index (χ4n) is 5.63. The molecule has 2 aromatic heterocycles. The zero-order chi connectivity index (χ0) is 25.8. The summed E-state index contributed by atoms with van der Waals surface area (Å²) in [5.74, 6) is 0. The molecule has 0 radical (unpaired) electrons. The number of fused-ring (bicyclic) bond motifs is 2. The minimum absolute atomic E-state index is 0.132. The topological polar surface area (TPSA) is 44.8 Å². The summed E-state index contributed by atoms with van der Waals surface area (Å²) in [4.78, 5) is 7.10. The largest absolute Gasteiger partial charge is 0.310 e. The molecule has 0 amide bonds. The second-order valence-corrected chi connectivity index (χ2v) is 11.0. The van der Waals surface area contributed by atoms with Gasteiger partial charge in [-0.2, -0.15) is 5.10 Å². The van der Waals surface area contributed by atoms with Gasteiger partial charge in [0.1, 0.15) is 0 Å². The highest BCUT2D eigenvalue weighted by Crippen LogP contribution is 2.52. The highest BCUT2D eigenvalue weighted by Gasteiger charge is 2.37. The van der Waals surface area contributed by atoms with Crippen molar-refractivity contribution in [3.63, 3.8) is 0 Å². The molecule has 4 heteroatoms. The van der Waals surface area contributed by atoms with E-state index in [1.54, 1.807) is 0 Å². The molecule has 6 rings (SSSR count). The number of nitrogens with zero attached hydrogens (tertiary/aromatic N) is 3. The van der Waals surface area contributed by atoms with Gasteiger partial charge in [-0.3, -0.25) is 10.1 Å². The van der Waals surface area contributed by atoms with E-state index in [1.807, 2.05) is 19.2 Å². The van der Waals surface area contributed by atoms with E-state index in [2.05, 4.69) is 133 Å². The molecule has 37 heavy (non-hydrogen) atoms. The van der Waals surface area contributed by atoms with Crippen molar-refractivity contribution in [2.45, 2.75) is 45.4 Å². The van der Waals surface area contributed by atoms with Crippen molar-refractivity contribution < 1.29 is 0 Å². The van der Waals surface area contributed by atoms with Crippen molar-refractivity contribution in [2.24, 2.45) is 0 Å². The first-order valence-electron chi connectivity index (χ1n) is 12.9. The standard InChI is InChI=1S/C33H32N4/c1-22-19-28(36-35-22)23-16-17-27-30(20-23)37(29-14-7-6-13-26(29)33(27,4)5)25-12-10-11-24(21-25)32(2,3)31-15-8-9-18-34-31/h6-21H,1-5H3,(H,35,36). The summed E-state index contributed by atoms with van der Waals surface area (Å²) < 4.78 is 0. The Morgan fingerprint density at radius 3 is 2.32 bits per heavy atom. The summed E-state index contributed by atoms with van der Waals surface area (Å²) in [5, 5.41) is 7.63. The Balaban J connectivity index is 1.56. The second-order valence-electron chi connectivity index (χ2n) is 11.0. The van der Waals surface area contributed by atoms with Gasteiger partial charge in [0.15, 0.2) is 0 Å². The van der Waals surface area contributed by atoms with Crippen molar-refractivity contribution in [3.8, 4) is 11.3 Å². The SMILES string of the molecule is Cc1cc(-c2ccc3c(c2)N(c2cccc(C(C)(C)c4ccccn4)c2)c2ccccc2C3(C)C)n[nH]1. The van der Waals surface area contributed by atoms with Crippen LogP contribution >= 0.6 is 0 Å². The summed E-state index contributed by atoms with van der Waals surface area (Å²) >= 11 is 0. The number of rotatable bonds is 4. The molecule has 1 aliphatic rings. The highest BCUT2D eigenvalue weighted by atomic mass is 15.2. The predicted molar refractivity (Wildman–Crippen MR) is 152 cm³/mol. The van der Waals surface area contributed by atoms with Crippen LogP contribution in [0.5, 0.6) is 0 Å². The van der Waals surface area contributed by atoms with Gasteiger partial charge in [0.2, 0.25) is 0 Å². The van der Waals surface area contributed by atoms with Crippen LogP contribution in [-0.4, -0.2) is 15.2 Å². The maximum Gasteiger partial charge on any atom is 0.0924 e. The van der Waals surface area contributed by atoms with Crippen LogP contribution in [-0.2, 0) is 10.8 Å². The van der Waals surface area contributed by atoms with Crippen LogP contribution in [0, 0.1) is 6.92 Å². The summed E-state index contributed by atoms with van der Waals surface area (Å²) in [6, 6.07) is 32.7. The molecule has 0 saturated carbocycles. The zero-order valence-electron chi connectivity index (χ0n) is 22.1. The summed E-state index contributed by atoms with van der Waals surface area (Å²) in [6.07, 6.45) is 1.87. The molecule has 0 spiro atoms. The maximum atomic E-state index is 4.68. The molecule has 0 unspecified atom stereocenters. The van der Waals surface area contributed by atoms with Gasteiger partial charge in [0, 0.05) is 34.0 Å². The van der Waals surface area contributed by atoms with E-state index in [-0.39, 0.29) is 10.8 Å². The Morgan fingerprint density at radius 1 is 0.784 bits per heavy atom. The first-order valence-corrected chi connectivity index (χ1v) is 12.9. The third-order valence-corrected chi connectivity index (χ3v) is 7.86. The number of H-pyrrole nitrogens is 1. The molecule has 3 aromatic carbocycles. The Hall–Kier alpha value is -4.18. The van der Waals surface area contributed by atoms with Crippen LogP contribution in [0.15, 0.2) is 97.2 Å². The number of hydrogen-bond donors (Lipinski definition) is 1. The van der Waals surface area contributed by atoms with E-state index >= 15 is 0 Å². The number of benzene rings is 3. The lowest BCUT2D eigenvalue weighted by Gasteiger charge is -2.42.